The molecule has 5 nitrogen and oxygen atoms in total. The number of hydrogen-bond donors (Lipinski definition) is 2. The SMILES string of the molecule is CC(C)(C)c1nc(CC(=O)Nc2cccc(CSCCC(=O)O)c2)cs1. The van der Waals surface area contributed by atoms with Crippen molar-refractivity contribution in [2.75, 3.05) is 11.1 Å². The third-order valence-electron chi connectivity index (χ3n) is 3.47. The summed E-state index contributed by atoms with van der Waals surface area (Å²) < 4.78 is 0. The van der Waals surface area contributed by atoms with Crippen molar-refractivity contribution < 1.29 is 14.7 Å². The van der Waals surface area contributed by atoms with E-state index < -0.39 is 5.97 Å². The van der Waals surface area contributed by atoms with Gasteiger partial charge in [0.25, 0.3) is 0 Å². The molecule has 0 unspecified atom stereocenters. The van der Waals surface area contributed by atoms with Crippen LogP contribution in [-0.2, 0) is 27.2 Å². The van der Waals surface area contributed by atoms with Crippen LogP contribution in [0.5, 0.6) is 0 Å². The quantitative estimate of drug-likeness (QED) is 0.654. The number of carbonyl (C=O) groups is 2. The second kappa shape index (κ2) is 9.19. The Labute approximate surface area is 162 Å². The molecule has 0 aliphatic carbocycles. The molecule has 0 fully saturated rings. The first-order chi connectivity index (χ1) is 12.2. The van der Waals surface area contributed by atoms with Crippen molar-refractivity contribution in [3.8, 4) is 0 Å². The summed E-state index contributed by atoms with van der Waals surface area (Å²) in [6.07, 6.45) is 0.412. The molecule has 7 heteroatoms. The maximum absolute atomic E-state index is 12.3. The number of thiazole rings is 1. The van der Waals surface area contributed by atoms with Crippen molar-refractivity contribution in [1.82, 2.24) is 4.98 Å². The summed E-state index contributed by atoms with van der Waals surface area (Å²) in [5.74, 6) is 0.422. The lowest BCUT2D eigenvalue weighted by molar-refractivity contribution is -0.136. The Hall–Kier alpha value is -1.86. The van der Waals surface area contributed by atoms with Crippen molar-refractivity contribution in [2.45, 2.75) is 44.8 Å². The van der Waals surface area contributed by atoms with Crippen molar-refractivity contribution in [2.24, 2.45) is 0 Å². The lowest BCUT2D eigenvalue weighted by Crippen LogP contribution is -2.15. The minimum atomic E-state index is -0.782. The van der Waals surface area contributed by atoms with E-state index >= 15 is 0 Å². The number of carboxylic acid groups (broad SMARTS) is 1. The molecule has 0 saturated heterocycles. The molecule has 0 aliphatic heterocycles. The second-order valence-electron chi connectivity index (χ2n) is 7.02. The smallest absolute Gasteiger partial charge is 0.304 e. The van der Waals surface area contributed by atoms with Crippen molar-refractivity contribution in [1.29, 1.82) is 0 Å². The lowest BCUT2D eigenvalue weighted by atomic mass is 9.98. The summed E-state index contributed by atoms with van der Waals surface area (Å²) in [6, 6.07) is 7.64. The number of rotatable bonds is 8. The standard InChI is InChI=1S/C19H24N2O3S2/c1-19(2,3)18-21-15(12-26-18)10-16(22)20-14-6-4-5-13(9-14)11-25-8-7-17(23)24/h4-6,9,12H,7-8,10-11H2,1-3H3,(H,20,22)(H,23,24). The Kier molecular flexibility index (Phi) is 7.23. The molecule has 0 spiro atoms. The largest absolute Gasteiger partial charge is 0.481 e. The number of benzene rings is 1. The van der Waals surface area contributed by atoms with Crippen LogP contribution in [0.15, 0.2) is 29.6 Å². The maximum Gasteiger partial charge on any atom is 0.304 e. The van der Waals surface area contributed by atoms with Gasteiger partial charge in [0.1, 0.15) is 0 Å². The van der Waals surface area contributed by atoms with Gasteiger partial charge in [0.15, 0.2) is 0 Å². The molecular formula is C19H24N2O3S2. The van der Waals surface area contributed by atoms with Crippen LogP contribution in [0.2, 0.25) is 0 Å². The van der Waals surface area contributed by atoms with Crippen LogP contribution in [0.1, 0.15) is 43.5 Å². The molecule has 0 aliphatic rings. The number of nitrogens with one attached hydrogen (secondary N) is 1. The topological polar surface area (TPSA) is 79.3 Å². The zero-order valence-electron chi connectivity index (χ0n) is 15.2. The van der Waals surface area contributed by atoms with E-state index in [4.69, 9.17) is 5.11 Å². The van der Waals surface area contributed by atoms with E-state index in [1.54, 1.807) is 23.1 Å². The van der Waals surface area contributed by atoms with Gasteiger partial charge in [0, 0.05) is 28.0 Å². The molecule has 1 heterocycles. The van der Waals surface area contributed by atoms with E-state index in [0.29, 0.717) is 5.75 Å². The highest BCUT2D eigenvalue weighted by Gasteiger charge is 2.18. The first kappa shape index (κ1) is 20.5. The average Bonchev–Trinajstić information content (AvgIpc) is 3.00. The monoisotopic (exact) mass is 392 g/mol. The number of hydrogen-bond acceptors (Lipinski definition) is 5. The number of amides is 1. The summed E-state index contributed by atoms with van der Waals surface area (Å²) >= 11 is 3.15. The van der Waals surface area contributed by atoms with Crippen LogP contribution >= 0.6 is 23.1 Å². The fourth-order valence-electron chi connectivity index (χ4n) is 2.19. The first-order valence-corrected chi connectivity index (χ1v) is 10.4. The summed E-state index contributed by atoms with van der Waals surface area (Å²) in [7, 11) is 0. The number of thioether (sulfide) groups is 1. The van der Waals surface area contributed by atoms with Crippen LogP contribution in [0.3, 0.4) is 0 Å². The van der Waals surface area contributed by atoms with Crippen molar-refractivity contribution >= 4 is 40.7 Å². The number of anilines is 1. The average molecular weight is 393 g/mol. The Morgan fingerprint density at radius 2 is 2.08 bits per heavy atom. The zero-order valence-corrected chi connectivity index (χ0v) is 16.9. The zero-order chi connectivity index (χ0) is 19.2. The molecule has 0 bridgehead atoms. The van der Waals surface area contributed by atoms with Gasteiger partial charge < -0.3 is 10.4 Å². The van der Waals surface area contributed by atoms with Gasteiger partial charge in [-0.1, -0.05) is 32.9 Å². The first-order valence-electron chi connectivity index (χ1n) is 8.37. The fourth-order valence-corrected chi connectivity index (χ4v) is 3.98. The molecule has 2 aromatic rings. The van der Waals surface area contributed by atoms with E-state index in [0.717, 1.165) is 27.7 Å². The van der Waals surface area contributed by atoms with E-state index in [-0.39, 0.29) is 24.2 Å². The molecule has 1 amide bonds. The number of carbonyl (C=O) groups excluding carboxylic acids is 1. The van der Waals surface area contributed by atoms with E-state index in [2.05, 4.69) is 31.1 Å². The molecule has 1 aromatic heterocycles. The lowest BCUT2D eigenvalue weighted by Gasteiger charge is -2.13. The number of carboxylic acids is 1. The minimum Gasteiger partial charge on any atom is -0.481 e. The third kappa shape index (κ3) is 6.80. The molecule has 2 rings (SSSR count). The van der Waals surface area contributed by atoms with Gasteiger partial charge in [-0.15, -0.1) is 11.3 Å². The van der Waals surface area contributed by atoms with Gasteiger partial charge in [0.2, 0.25) is 5.91 Å². The highest BCUT2D eigenvalue weighted by molar-refractivity contribution is 7.98. The predicted octanol–water partition coefficient (Wildman–Crippen LogP) is 4.33. The van der Waals surface area contributed by atoms with Crippen LogP contribution in [0.25, 0.3) is 0 Å². The van der Waals surface area contributed by atoms with Crippen LogP contribution in [-0.4, -0.2) is 27.7 Å². The van der Waals surface area contributed by atoms with Crippen molar-refractivity contribution in [3.63, 3.8) is 0 Å². The molecule has 140 valence electrons. The summed E-state index contributed by atoms with van der Waals surface area (Å²) in [6.45, 7) is 6.32. The van der Waals surface area contributed by atoms with Crippen LogP contribution in [0.4, 0.5) is 5.69 Å². The van der Waals surface area contributed by atoms with E-state index in [1.807, 2.05) is 29.6 Å². The van der Waals surface area contributed by atoms with Gasteiger partial charge in [0.05, 0.1) is 23.5 Å². The van der Waals surface area contributed by atoms with Gasteiger partial charge in [-0.2, -0.15) is 11.8 Å². The summed E-state index contributed by atoms with van der Waals surface area (Å²) in [4.78, 5) is 27.3. The number of aromatic nitrogens is 1. The summed E-state index contributed by atoms with van der Waals surface area (Å²) in [5, 5.41) is 14.5. The molecular weight excluding hydrogens is 368 g/mol. The Bertz CT molecular complexity index is 766. The normalized spacial score (nSPS) is 11.3. The molecule has 2 N–H and O–H groups in total. The second-order valence-corrected chi connectivity index (χ2v) is 8.98. The maximum atomic E-state index is 12.3. The highest BCUT2D eigenvalue weighted by atomic mass is 32.2. The summed E-state index contributed by atoms with van der Waals surface area (Å²) in [5.41, 5.74) is 2.59. The van der Waals surface area contributed by atoms with Gasteiger partial charge in [-0.05, 0) is 17.7 Å². The number of aliphatic carboxylic acids is 1. The van der Waals surface area contributed by atoms with E-state index in [9.17, 15) is 9.59 Å². The molecule has 0 radical (unpaired) electrons. The predicted molar refractivity (Wildman–Crippen MR) is 108 cm³/mol. The minimum absolute atomic E-state index is 0.00791. The van der Waals surface area contributed by atoms with Crippen LogP contribution < -0.4 is 5.32 Å². The van der Waals surface area contributed by atoms with Gasteiger partial charge >= 0.3 is 5.97 Å². The van der Waals surface area contributed by atoms with Crippen molar-refractivity contribution in [3.05, 3.63) is 45.9 Å². The fraction of sp³-hybridized carbons (Fsp3) is 0.421. The highest BCUT2D eigenvalue weighted by Crippen LogP contribution is 2.26. The van der Waals surface area contributed by atoms with Crippen LogP contribution in [0, 0.1) is 0 Å². The van der Waals surface area contributed by atoms with Gasteiger partial charge in [-0.3, -0.25) is 9.59 Å². The Morgan fingerprint density at radius 3 is 2.73 bits per heavy atom. The Morgan fingerprint density at radius 1 is 1.31 bits per heavy atom. The molecule has 0 saturated carbocycles. The third-order valence-corrected chi connectivity index (χ3v) is 5.82. The van der Waals surface area contributed by atoms with E-state index in [1.165, 1.54) is 0 Å². The molecule has 0 atom stereocenters. The molecule has 1 aromatic carbocycles. The molecule has 26 heavy (non-hydrogen) atoms. The van der Waals surface area contributed by atoms with Gasteiger partial charge in [-0.25, -0.2) is 4.98 Å². The number of nitrogens with zero attached hydrogens (tertiary/aromatic N) is 1. The Balaban J connectivity index is 1.87.